The topological polar surface area (TPSA) is 26.3 Å². The van der Waals surface area contributed by atoms with Crippen LogP contribution in [-0.2, 0) is 10.2 Å². The van der Waals surface area contributed by atoms with Crippen molar-refractivity contribution in [2.24, 2.45) is 0 Å². The Bertz CT molecular complexity index is 992. The Morgan fingerprint density at radius 1 is 1.06 bits per heavy atom. The molecule has 2 nitrogen and oxygen atoms in total. The maximum absolute atomic E-state index is 11.8. The predicted molar refractivity (Wildman–Crippen MR) is 133 cm³/mol. The van der Waals surface area contributed by atoms with E-state index in [1.165, 1.54) is 41.9 Å². The molecule has 1 aliphatic heterocycles. The first kappa shape index (κ1) is 22.4. The molecule has 4 rings (SSSR count). The van der Waals surface area contributed by atoms with E-state index in [0.717, 1.165) is 11.1 Å². The Kier molecular flexibility index (Phi) is 7.04. The number of benzene rings is 2. The first-order valence-electron chi connectivity index (χ1n) is 11.1. The van der Waals surface area contributed by atoms with E-state index in [2.05, 4.69) is 67.4 Å². The number of ether oxygens (including phenoxy) is 1. The molecule has 1 saturated heterocycles. The monoisotopic (exact) mass is 450 g/mol. The summed E-state index contributed by atoms with van der Waals surface area (Å²) < 4.78 is 5.72. The van der Waals surface area contributed by atoms with Crippen LogP contribution in [0.2, 0.25) is 0 Å². The van der Waals surface area contributed by atoms with Crippen molar-refractivity contribution in [3.05, 3.63) is 70.3 Å². The van der Waals surface area contributed by atoms with Gasteiger partial charge in [-0.1, -0.05) is 31.8 Å². The second-order valence-electron chi connectivity index (χ2n) is 8.84. The van der Waals surface area contributed by atoms with Crippen molar-refractivity contribution in [2.75, 3.05) is 18.1 Å². The van der Waals surface area contributed by atoms with Crippen LogP contribution in [0.1, 0.15) is 78.6 Å². The van der Waals surface area contributed by atoms with Gasteiger partial charge in [0, 0.05) is 17.0 Å². The van der Waals surface area contributed by atoms with Gasteiger partial charge in [0.2, 0.25) is 0 Å². The van der Waals surface area contributed by atoms with Crippen LogP contribution >= 0.6 is 23.5 Å². The molecule has 4 heteroatoms. The second kappa shape index (κ2) is 9.76. The highest BCUT2D eigenvalue weighted by Gasteiger charge is 2.37. The van der Waals surface area contributed by atoms with Gasteiger partial charge in [0.25, 0.3) is 0 Å². The number of rotatable bonds is 3. The number of fused-ring (bicyclic) bond motifs is 1. The van der Waals surface area contributed by atoms with Crippen molar-refractivity contribution in [3.63, 3.8) is 0 Å². The molecule has 0 aromatic heterocycles. The third-order valence-corrected chi connectivity index (χ3v) is 9.37. The molecular weight excluding hydrogens is 420 g/mol. The summed E-state index contributed by atoms with van der Waals surface area (Å²) in [6.45, 7) is 6.95. The van der Waals surface area contributed by atoms with E-state index < -0.39 is 0 Å². The number of thioether (sulfide) groups is 2. The standard InChI is InChI=1S/C27H30O2S2/c1-4-29-25(28)21-11-8-19(9-12-21)6-7-20-10-13-24-23(18-20)22(14-15-27(24,2)3)26-30-16-5-17-31-26/h8-13,18,22,26H,4-5,14-17H2,1-3H3. The van der Waals surface area contributed by atoms with Crippen LogP contribution in [0.5, 0.6) is 0 Å². The van der Waals surface area contributed by atoms with E-state index in [4.69, 9.17) is 4.74 Å². The largest absolute Gasteiger partial charge is 0.462 e. The second-order valence-corrected chi connectivity index (χ2v) is 11.6. The first-order valence-corrected chi connectivity index (χ1v) is 13.2. The zero-order valence-corrected chi connectivity index (χ0v) is 20.2. The summed E-state index contributed by atoms with van der Waals surface area (Å²) in [5, 5.41) is 0. The smallest absolute Gasteiger partial charge is 0.338 e. The highest BCUT2D eigenvalue weighted by molar-refractivity contribution is 8.17. The average molecular weight is 451 g/mol. The molecule has 0 radical (unpaired) electrons. The van der Waals surface area contributed by atoms with Gasteiger partial charge in [-0.25, -0.2) is 4.79 Å². The lowest BCUT2D eigenvalue weighted by Gasteiger charge is -2.41. The van der Waals surface area contributed by atoms with Crippen molar-refractivity contribution in [1.29, 1.82) is 0 Å². The molecule has 1 unspecified atom stereocenters. The molecule has 31 heavy (non-hydrogen) atoms. The van der Waals surface area contributed by atoms with Gasteiger partial charge >= 0.3 is 5.97 Å². The Morgan fingerprint density at radius 2 is 1.74 bits per heavy atom. The highest BCUT2D eigenvalue weighted by Crippen LogP contribution is 2.50. The number of carbonyl (C=O) groups excluding carboxylic acids is 1. The summed E-state index contributed by atoms with van der Waals surface area (Å²) >= 11 is 4.29. The SMILES string of the molecule is CCOC(=O)c1ccc(C#Cc2ccc3c(c2)C(C2SCCCS2)CCC3(C)C)cc1. The molecular formula is C27H30O2S2. The molecule has 1 heterocycles. The van der Waals surface area contributed by atoms with E-state index in [-0.39, 0.29) is 11.4 Å². The molecule has 162 valence electrons. The molecule has 2 aromatic rings. The van der Waals surface area contributed by atoms with Crippen molar-refractivity contribution in [3.8, 4) is 11.8 Å². The fourth-order valence-corrected chi connectivity index (χ4v) is 7.70. The van der Waals surface area contributed by atoms with Gasteiger partial charge < -0.3 is 4.74 Å². The highest BCUT2D eigenvalue weighted by atomic mass is 32.2. The number of esters is 1. The van der Waals surface area contributed by atoms with Crippen LogP contribution in [0.25, 0.3) is 0 Å². The van der Waals surface area contributed by atoms with E-state index in [9.17, 15) is 4.79 Å². The van der Waals surface area contributed by atoms with E-state index in [1.54, 1.807) is 12.1 Å². The van der Waals surface area contributed by atoms with Crippen LogP contribution in [-0.4, -0.2) is 28.7 Å². The van der Waals surface area contributed by atoms with E-state index in [1.807, 2.05) is 19.1 Å². The van der Waals surface area contributed by atoms with Gasteiger partial charge in [-0.05, 0) is 90.6 Å². The van der Waals surface area contributed by atoms with Gasteiger partial charge in [0.1, 0.15) is 0 Å². The third-order valence-electron chi connectivity index (χ3n) is 6.19. The minimum Gasteiger partial charge on any atom is -0.462 e. The summed E-state index contributed by atoms with van der Waals surface area (Å²) in [4.78, 5) is 11.8. The quantitative estimate of drug-likeness (QED) is 0.388. The lowest BCUT2D eigenvalue weighted by molar-refractivity contribution is 0.0526. The van der Waals surface area contributed by atoms with Gasteiger partial charge in [-0.15, -0.1) is 23.5 Å². The fourth-order valence-electron chi connectivity index (χ4n) is 4.44. The number of hydrogen-bond donors (Lipinski definition) is 0. The Morgan fingerprint density at radius 3 is 2.45 bits per heavy atom. The van der Waals surface area contributed by atoms with Crippen LogP contribution in [0, 0.1) is 11.8 Å². The summed E-state index contributed by atoms with van der Waals surface area (Å²) in [6, 6.07) is 14.2. The van der Waals surface area contributed by atoms with Crippen LogP contribution in [0.15, 0.2) is 42.5 Å². The van der Waals surface area contributed by atoms with Crippen molar-refractivity contribution >= 4 is 29.5 Å². The summed E-state index contributed by atoms with van der Waals surface area (Å²) in [6.07, 6.45) is 3.84. The lowest BCUT2D eigenvalue weighted by Crippen LogP contribution is -2.30. The Hall–Kier alpha value is -1.83. The first-order chi connectivity index (χ1) is 15.0. The van der Waals surface area contributed by atoms with Crippen molar-refractivity contribution < 1.29 is 9.53 Å². The normalized spacial score (nSPS) is 20.3. The van der Waals surface area contributed by atoms with E-state index in [0.29, 0.717) is 22.7 Å². The molecule has 0 spiro atoms. The van der Waals surface area contributed by atoms with Gasteiger partial charge in [0.05, 0.1) is 16.8 Å². The Balaban J connectivity index is 1.59. The summed E-state index contributed by atoms with van der Waals surface area (Å²) in [5.74, 6) is 9.52. The zero-order valence-electron chi connectivity index (χ0n) is 18.6. The van der Waals surface area contributed by atoms with Crippen LogP contribution in [0.3, 0.4) is 0 Å². The third kappa shape index (κ3) is 5.16. The maximum Gasteiger partial charge on any atom is 0.338 e. The molecule has 1 fully saturated rings. The molecule has 0 bridgehead atoms. The minimum absolute atomic E-state index is 0.227. The van der Waals surface area contributed by atoms with Gasteiger partial charge in [0.15, 0.2) is 0 Å². The Labute approximate surface area is 194 Å². The molecule has 0 N–H and O–H groups in total. The molecule has 2 aromatic carbocycles. The van der Waals surface area contributed by atoms with Crippen molar-refractivity contribution in [1.82, 2.24) is 0 Å². The van der Waals surface area contributed by atoms with E-state index >= 15 is 0 Å². The molecule has 1 atom stereocenters. The van der Waals surface area contributed by atoms with Crippen LogP contribution in [0.4, 0.5) is 0 Å². The fraction of sp³-hybridized carbons (Fsp3) is 0.444. The summed E-state index contributed by atoms with van der Waals surface area (Å²) in [7, 11) is 0. The van der Waals surface area contributed by atoms with Crippen LogP contribution < -0.4 is 0 Å². The number of carbonyl (C=O) groups is 1. The summed E-state index contributed by atoms with van der Waals surface area (Å²) in [5.41, 5.74) is 5.77. The van der Waals surface area contributed by atoms with Crippen molar-refractivity contribution in [2.45, 2.75) is 55.9 Å². The predicted octanol–water partition coefficient (Wildman–Crippen LogP) is 6.61. The zero-order chi connectivity index (χ0) is 21.8. The van der Waals surface area contributed by atoms with Gasteiger partial charge in [-0.2, -0.15) is 0 Å². The van der Waals surface area contributed by atoms with Gasteiger partial charge in [-0.3, -0.25) is 0 Å². The number of hydrogen-bond acceptors (Lipinski definition) is 4. The lowest BCUT2D eigenvalue weighted by atomic mass is 9.69. The molecule has 0 amide bonds. The molecule has 1 aliphatic carbocycles. The average Bonchev–Trinajstić information content (AvgIpc) is 2.79. The molecule has 2 aliphatic rings. The molecule has 0 saturated carbocycles. The minimum atomic E-state index is -0.288. The maximum atomic E-state index is 11.8.